The van der Waals surface area contributed by atoms with Crippen LogP contribution in [-0.4, -0.2) is 52.9 Å². The van der Waals surface area contributed by atoms with Crippen molar-refractivity contribution in [3.8, 4) is 17.0 Å². The topological polar surface area (TPSA) is 114 Å². The molecule has 0 bridgehead atoms. The highest BCUT2D eigenvalue weighted by Gasteiger charge is 2.46. The van der Waals surface area contributed by atoms with Gasteiger partial charge in [0.15, 0.2) is 0 Å². The van der Waals surface area contributed by atoms with Crippen molar-refractivity contribution in [3.63, 3.8) is 0 Å². The van der Waals surface area contributed by atoms with Gasteiger partial charge in [-0.1, -0.05) is 29.8 Å². The molecule has 0 radical (unpaired) electrons. The van der Waals surface area contributed by atoms with Crippen molar-refractivity contribution < 1.29 is 41.0 Å². The zero-order valence-electron chi connectivity index (χ0n) is 22.3. The number of carbonyl (C=O) groups is 1. The molecule has 1 aromatic heterocycles. The lowest BCUT2D eigenvalue weighted by molar-refractivity contribution is -0.198. The van der Waals surface area contributed by atoms with Crippen molar-refractivity contribution in [3.05, 3.63) is 64.7 Å². The lowest BCUT2D eigenvalue weighted by atomic mass is 9.76. The molecule has 2 atom stereocenters. The molecule has 0 aliphatic carbocycles. The fourth-order valence-electron chi connectivity index (χ4n) is 5.63. The smallest absolute Gasteiger partial charge is 0.429 e. The van der Waals surface area contributed by atoms with Gasteiger partial charge in [-0.05, 0) is 60.1 Å². The second kappa shape index (κ2) is 11.4. The molecule has 2 aromatic carbocycles. The number of rotatable bonds is 6. The number of nitrogen functional groups attached to an aromatic ring is 1. The molecule has 4 N–H and O–H groups in total. The van der Waals surface area contributed by atoms with E-state index in [2.05, 4.69) is 15.3 Å². The van der Waals surface area contributed by atoms with E-state index in [1.807, 2.05) is 4.90 Å². The normalized spacial score (nSPS) is 19.4. The highest BCUT2D eigenvalue weighted by atomic mass is 35.5. The summed E-state index contributed by atoms with van der Waals surface area (Å²) in [4.78, 5) is 21.2. The molecule has 43 heavy (non-hydrogen) atoms. The number of anilines is 2. The molecule has 2 aliphatic rings. The van der Waals surface area contributed by atoms with Crippen molar-refractivity contribution in [1.29, 1.82) is 0 Å². The molecule has 0 amide bonds. The number of benzene rings is 2. The maximum atomic E-state index is 14.5. The highest BCUT2D eigenvalue weighted by Crippen LogP contribution is 2.44. The molecule has 2 saturated heterocycles. The quantitative estimate of drug-likeness (QED) is 0.280. The van der Waals surface area contributed by atoms with E-state index in [9.17, 15) is 36.2 Å². The summed E-state index contributed by atoms with van der Waals surface area (Å²) in [6.07, 6.45) is -10.7. The Morgan fingerprint density at radius 1 is 1.09 bits per heavy atom. The van der Waals surface area contributed by atoms with E-state index < -0.39 is 47.5 Å². The fourth-order valence-corrected chi connectivity index (χ4v) is 5.81. The third-order valence-corrected chi connectivity index (χ3v) is 8.08. The van der Waals surface area contributed by atoms with Crippen LogP contribution in [0.1, 0.15) is 36.5 Å². The number of carboxylic acid groups (broad SMARTS) is 1. The summed E-state index contributed by atoms with van der Waals surface area (Å²) in [6, 6.07) is 7.87. The molecule has 3 aromatic rings. The van der Waals surface area contributed by atoms with Crippen molar-refractivity contribution in [1.82, 2.24) is 15.3 Å². The molecule has 230 valence electrons. The zero-order valence-corrected chi connectivity index (χ0v) is 23.1. The van der Waals surface area contributed by atoms with Gasteiger partial charge in [-0.15, -0.1) is 0 Å². The minimum Gasteiger partial charge on any atom is -0.480 e. The van der Waals surface area contributed by atoms with Gasteiger partial charge in [0.05, 0.1) is 5.56 Å². The number of carboxylic acids is 1. The summed E-state index contributed by atoms with van der Waals surface area (Å²) in [7, 11) is 0. The Morgan fingerprint density at radius 3 is 2.44 bits per heavy atom. The summed E-state index contributed by atoms with van der Waals surface area (Å²) < 4.78 is 89.0. The fraction of sp³-hybridized carbons (Fsp3) is 0.393. The molecular formula is C28H26ClF6N5O3. The number of ether oxygens (including phenoxy) is 1. The number of halogens is 7. The maximum absolute atomic E-state index is 14.5. The van der Waals surface area contributed by atoms with Gasteiger partial charge in [0, 0.05) is 36.3 Å². The van der Waals surface area contributed by atoms with E-state index >= 15 is 0 Å². The van der Waals surface area contributed by atoms with Gasteiger partial charge >= 0.3 is 18.3 Å². The molecule has 0 saturated carbocycles. The van der Waals surface area contributed by atoms with Gasteiger partial charge < -0.3 is 25.8 Å². The Kier molecular flexibility index (Phi) is 8.11. The SMILES string of the molecule is Nc1nc(O[C@H](c2ccc(Cl)cc2-c2cccc(C(F)(F)F)c2)C(F)(F)F)cc(N2CCC3(CC2)CNC(C(=O)O)C3)n1. The average molecular weight is 630 g/mol. The Morgan fingerprint density at radius 2 is 1.81 bits per heavy atom. The number of nitrogens with two attached hydrogens (primary N) is 1. The number of nitrogens with one attached hydrogen (secondary N) is 1. The minimum absolute atomic E-state index is 0.0145. The minimum atomic E-state index is -5.02. The monoisotopic (exact) mass is 629 g/mol. The van der Waals surface area contributed by atoms with Gasteiger partial charge in [0.2, 0.25) is 17.9 Å². The molecular weight excluding hydrogens is 604 g/mol. The number of aromatic nitrogens is 2. The molecule has 1 unspecified atom stereocenters. The van der Waals surface area contributed by atoms with Crippen LogP contribution in [0.5, 0.6) is 5.88 Å². The number of piperidine rings is 1. The van der Waals surface area contributed by atoms with E-state index in [0.29, 0.717) is 38.9 Å². The summed E-state index contributed by atoms with van der Waals surface area (Å²) in [5.74, 6) is -1.51. The summed E-state index contributed by atoms with van der Waals surface area (Å²) in [5, 5.41) is 12.4. The third-order valence-electron chi connectivity index (χ3n) is 7.85. The number of aliphatic carboxylic acids is 1. The molecule has 2 aliphatic heterocycles. The van der Waals surface area contributed by atoms with Crippen LogP contribution in [0, 0.1) is 5.41 Å². The van der Waals surface area contributed by atoms with Crippen LogP contribution in [0.4, 0.5) is 38.1 Å². The third kappa shape index (κ3) is 6.74. The maximum Gasteiger partial charge on any atom is 0.429 e. The van der Waals surface area contributed by atoms with Crippen LogP contribution in [-0.2, 0) is 11.0 Å². The van der Waals surface area contributed by atoms with Crippen molar-refractivity contribution in [2.45, 2.75) is 43.8 Å². The van der Waals surface area contributed by atoms with E-state index in [0.717, 1.165) is 30.3 Å². The van der Waals surface area contributed by atoms with E-state index in [-0.39, 0.29) is 33.3 Å². The standard InChI is InChI=1S/C28H26ClF6N5O3/c29-17-4-5-18(19(11-17)15-2-1-3-16(10-15)27(30,31)32)23(28(33,34)35)43-22-12-21(38-25(36)39-22)40-8-6-26(7-9-40)13-20(24(41)42)37-14-26/h1-5,10-12,20,23,37H,6-9,13-14H2,(H,41,42)(H2,36,38,39)/t20?,23-/m1/s1. The largest absolute Gasteiger partial charge is 0.480 e. The number of hydrogen-bond donors (Lipinski definition) is 3. The van der Waals surface area contributed by atoms with E-state index in [4.69, 9.17) is 22.1 Å². The molecule has 1 spiro atoms. The number of nitrogens with zero attached hydrogens (tertiary/aromatic N) is 3. The van der Waals surface area contributed by atoms with Crippen molar-refractivity contribution in [2.75, 3.05) is 30.3 Å². The van der Waals surface area contributed by atoms with Crippen LogP contribution < -0.4 is 20.7 Å². The first-order valence-corrected chi connectivity index (χ1v) is 13.6. The predicted octanol–water partition coefficient (Wildman–Crippen LogP) is 6.11. The molecule has 2 fully saturated rings. The van der Waals surface area contributed by atoms with Crippen LogP contribution in [0.3, 0.4) is 0 Å². The van der Waals surface area contributed by atoms with Crippen LogP contribution in [0.2, 0.25) is 5.02 Å². The molecule has 5 rings (SSSR count). The summed E-state index contributed by atoms with van der Waals surface area (Å²) >= 11 is 6.05. The van der Waals surface area contributed by atoms with Gasteiger partial charge in [-0.25, -0.2) is 0 Å². The second-order valence-electron chi connectivity index (χ2n) is 10.7. The Bertz CT molecular complexity index is 1510. The Balaban J connectivity index is 1.43. The van der Waals surface area contributed by atoms with Gasteiger partial charge in [-0.2, -0.15) is 36.3 Å². The second-order valence-corrected chi connectivity index (χ2v) is 11.2. The lowest BCUT2D eigenvalue weighted by Gasteiger charge is -2.39. The van der Waals surface area contributed by atoms with Crippen molar-refractivity contribution >= 4 is 29.3 Å². The highest BCUT2D eigenvalue weighted by molar-refractivity contribution is 6.30. The van der Waals surface area contributed by atoms with Crippen LogP contribution in [0.15, 0.2) is 48.5 Å². The van der Waals surface area contributed by atoms with Crippen LogP contribution >= 0.6 is 11.6 Å². The van der Waals surface area contributed by atoms with Gasteiger partial charge in [-0.3, -0.25) is 4.79 Å². The Labute approximate surface area is 246 Å². The molecule has 8 nitrogen and oxygen atoms in total. The summed E-state index contributed by atoms with van der Waals surface area (Å²) in [6.45, 7) is 1.44. The first-order chi connectivity index (χ1) is 20.1. The van der Waals surface area contributed by atoms with E-state index in [1.165, 1.54) is 18.2 Å². The first-order valence-electron chi connectivity index (χ1n) is 13.2. The van der Waals surface area contributed by atoms with Gasteiger partial charge in [0.25, 0.3) is 0 Å². The molecule has 3 heterocycles. The van der Waals surface area contributed by atoms with Crippen LogP contribution in [0.25, 0.3) is 11.1 Å². The first kappa shape index (κ1) is 30.7. The Hall–Kier alpha value is -3.78. The van der Waals surface area contributed by atoms with Crippen molar-refractivity contribution in [2.24, 2.45) is 5.41 Å². The molecule has 15 heteroatoms. The van der Waals surface area contributed by atoms with E-state index in [1.54, 1.807) is 0 Å². The number of alkyl halides is 6. The summed E-state index contributed by atoms with van der Waals surface area (Å²) in [5.41, 5.74) is 3.78. The lowest BCUT2D eigenvalue weighted by Crippen LogP contribution is -2.41. The van der Waals surface area contributed by atoms with Gasteiger partial charge in [0.1, 0.15) is 11.9 Å². The predicted molar refractivity (Wildman–Crippen MR) is 146 cm³/mol. The number of hydrogen-bond acceptors (Lipinski definition) is 7. The zero-order chi connectivity index (χ0) is 31.2. The average Bonchev–Trinajstić information content (AvgIpc) is 3.35.